The molecule has 0 unspecified atom stereocenters. The molecule has 1 aliphatic carbocycles. The van der Waals surface area contributed by atoms with E-state index in [1.165, 1.54) is 11.1 Å². The summed E-state index contributed by atoms with van der Waals surface area (Å²) in [5.74, 6) is -1.72. The van der Waals surface area contributed by atoms with Gasteiger partial charge in [-0.2, -0.15) is 0 Å². The highest BCUT2D eigenvalue weighted by Gasteiger charge is 2.30. The Bertz CT molecular complexity index is 1000. The number of carbonyl (C=O) groups excluding carboxylic acids is 2. The van der Waals surface area contributed by atoms with Gasteiger partial charge in [-0.15, -0.1) is 0 Å². The SMILES string of the molecule is O=C(CN1CCC(NC(=O)OCC2c3ccccc3-c3ccccc32)CC1)N[C@@H](CO)C(=O)O. The van der Waals surface area contributed by atoms with E-state index >= 15 is 0 Å². The minimum Gasteiger partial charge on any atom is -0.480 e. The van der Waals surface area contributed by atoms with Crippen molar-refractivity contribution in [2.24, 2.45) is 0 Å². The second-order valence-electron chi connectivity index (χ2n) is 8.66. The van der Waals surface area contributed by atoms with Crippen LogP contribution in [0.4, 0.5) is 4.79 Å². The van der Waals surface area contributed by atoms with E-state index in [0.29, 0.717) is 25.9 Å². The normalized spacial score (nSPS) is 16.9. The summed E-state index contributed by atoms with van der Waals surface area (Å²) in [6.45, 7) is 0.806. The number of rotatable bonds is 8. The highest BCUT2D eigenvalue weighted by Crippen LogP contribution is 2.44. The number of carboxylic acid groups (broad SMARTS) is 1. The van der Waals surface area contributed by atoms with Crippen LogP contribution >= 0.6 is 0 Å². The topological polar surface area (TPSA) is 128 Å². The number of alkyl carbamates (subject to hydrolysis) is 1. The van der Waals surface area contributed by atoms with Crippen molar-refractivity contribution in [2.75, 3.05) is 32.8 Å². The molecule has 0 radical (unpaired) electrons. The molecule has 9 nitrogen and oxygen atoms in total. The summed E-state index contributed by atoms with van der Waals surface area (Å²) < 4.78 is 5.61. The van der Waals surface area contributed by atoms with E-state index in [0.717, 1.165) is 11.1 Å². The molecule has 1 aliphatic heterocycles. The van der Waals surface area contributed by atoms with Gasteiger partial charge in [0.15, 0.2) is 0 Å². The number of benzene rings is 2. The Morgan fingerprint density at radius 1 is 1.00 bits per heavy atom. The number of amides is 2. The third-order valence-electron chi connectivity index (χ3n) is 6.44. The average Bonchev–Trinajstić information content (AvgIpc) is 3.16. The third-order valence-corrected chi connectivity index (χ3v) is 6.44. The number of carboxylic acids is 1. The lowest BCUT2D eigenvalue weighted by atomic mass is 9.98. The first-order valence-electron chi connectivity index (χ1n) is 11.4. The van der Waals surface area contributed by atoms with Crippen molar-refractivity contribution in [1.29, 1.82) is 0 Å². The predicted octanol–water partition coefficient (Wildman–Crippen LogP) is 1.55. The van der Waals surface area contributed by atoms with Gasteiger partial charge in [-0.05, 0) is 35.1 Å². The van der Waals surface area contributed by atoms with Crippen molar-refractivity contribution in [3.63, 3.8) is 0 Å². The first kappa shape index (κ1) is 23.7. The van der Waals surface area contributed by atoms with Gasteiger partial charge >= 0.3 is 12.1 Å². The molecule has 0 aromatic heterocycles. The average molecular weight is 468 g/mol. The van der Waals surface area contributed by atoms with E-state index in [9.17, 15) is 14.4 Å². The Morgan fingerprint density at radius 3 is 2.15 bits per heavy atom. The maximum Gasteiger partial charge on any atom is 0.407 e. The molecule has 180 valence electrons. The highest BCUT2D eigenvalue weighted by molar-refractivity contribution is 5.84. The van der Waals surface area contributed by atoms with E-state index in [-0.39, 0.29) is 25.1 Å². The molecule has 34 heavy (non-hydrogen) atoms. The van der Waals surface area contributed by atoms with Crippen molar-refractivity contribution in [2.45, 2.75) is 30.8 Å². The monoisotopic (exact) mass is 467 g/mol. The van der Waals surface area contributed by atoms with Crippen LogP contribution in [0.3, 0.4) is 0 Å². The van der Waals surface area contributed by atoms with Crippen molar-refractivity contribution >= 4 is 18.0 Å². The fourth-order valence-corrected chi connectivity index (χ4v) is 4.67. The number of nitrogens with one attached hydrogen (secondary N) is 2. The maximum atomic E-state index is 12.5. The molecular formula is C25H29N3O6. The molecule has 1 heterocycles. The summed E-state index contributed by atoms with van der Waals surface area (Å²) in [5, 5.41) is 23.2. The van der Waals surface area contributed by atoms with Crippen LogP contribution in [0.1, 0.15) is 29.9 Å². The van der Waals surface area contributed by atoms with Gasteiger partial charge in [0.2, 0.25) is 5.91 Å². The number of ether oxygens (including phenoxy) is 1. The van der Waals surface area contributed by atoms with Gasteiger partial charge < -0.3 is 25.6 Å². The molecule has 2 aliphatic rings. The molecular weight excluding hydrogens is 438 g/mol. The molecule has 2 amide bonds. The Labute approximate surface area is 197 Å². The molecule has 9 heteroatoms. The van der Waals surface area contributed by atoms with Crippen LogP contribution in [0, 0.1) is 0 Å². The number of fused-ring (bicyclic) bond motifs is 3. The van der Waals surface area contributed by atoms with E-state index in [2.05, 4.69) is 34.9 Å². The van der Waals surface area contributed by atoms with E-state index in [1.807, 2.05) is 29.2 Å². The highest BCUT2D eigenvalue weighted by atomic mass is 16.5. The van der Waals surface area contributed by atoms with E-state index < -0.39 is 30.6 Å². The lowest BCUT2D eigenvalue weighted by molar-refractivity contribution is -0.143. The smallest absolute Gasteiger partial charge is 0.407 e. The zero-order valence-electron chi connectivity index (χ0n) is 18.8. The van der Waals surface area contributed by atoms with Crippen LogP contribution in [0.2, 0.25) is 0 Å². The molecule has 1 atom stereocenters. The number of piperidine rings is 1. The number of hydrogen-bond acceptors (Lipinski definition) is 6. The molecule has 0 bridgehead atoms. The molecule has 1 fully saturated rings. The molecule has 2 aromatic carbocycles. The minimum atomic E-state index is -1.31. The minimum absolute atomic E-state index is 0.00654. The van der Waals surface area contributed by atoms with Crippen molar-refractivity contribution < 1.29 is 29.3 Å². The van der Waals surface area contributed by atoms with Crippen LogP contribution in [0.15, 0.2) is 48.5 Å². The number of aliphatic carboxylic acids is 1. The molecule has 4 N–H and O–H groups in total. The second kappa shape index (κ2) is 10.7. The number of likely N-dealkylation sites (tertiary alicyclic amines) is 1. The Morgan fingerprint density at radius 2 is 1.59 bits per heavy atom. The standard InChI is InChI=1S/C25H29N3O6/c29-14-22(24(31)32)27-23(30)13-28-11-9-16(10-12-28)26-25(33)34-15-21-19-7-3-1-5-17(19)18-6-2-4-8-20(18)21/h1-8,16,21-22,29H,9-15H2,(H,26,33)(H,27,30)(H,31,32)/t22-/m0/s1. The lowest BCUT2D eigenvalue weighted by Gasteiger charge is -2.31. The van der Waals surface area contributed by atoms with Crippen LogP contribution in [0.5, 0.6) is 0 Å². The van der Waals surface area contributed by atoms with Crippen molar-refractivity contribution in [3.05, 3.63) is 59.7 Å². The van der Waals surface area contributed by atoms with Crippen molar-refractivity contribution in [1.82, 2.24) is 15.5 Å². The molecule has 0 spiro atoms. The quantitative estimate of drug-likeness (QED) is 0.464. The molecule has 4 rings (SSSR count). The van der Waals surface area contributed by atoms with Crippen LogP contribution in [0.25, 0.3) is 11.1 Å². The maximum absolute atomic E-state index is 12.5. The summed E-state index contributed by atoms with van der Waals surface area (Å²) in [5.41, 5.74) is 4.68. The second-order valence-corrected chi connectivity index (χ2v) is 8.66. The Kier molecular flexibility index (Phi) is 7.44. The number of nitrogens with zero attached hydrogens (tertiary/aromatic N) is 1. The third kappa shape index (κ3) is 5.37. The van der Waals surface area contributed by atoms with E-state index in [1.54, 1.807) is 0 Å². The zero-order chi connectivity index (χ0) is 24.1. The number of carbonyl (C=O) groups is 3. The van der Waals surface area contributed by atoms with Crippen LogP contribution < -0.4 is 10.6 Å². The Balaban J connectivity index is 1.23. The molecule has 2 aromatic rings. The van der Waals surface area contributed by atoms with Gasteiger partial charge in [-0.1, -0.05) is 48.5 Å². The predicted molar refractivity (Wildman–Crippen MR) is 124 cm³/mol. The summed E-state index contributed by atoms with van der Waals surface area (Å²) in [6.07, 6.45) is 0.852. The van der Waals surface area contributed by atoms with Crippen LogP contribution in [-0.2, 0) is 14.3 Å². The molecule has 0 saturated carbocycles. The van der Waals surface area contributed by atoms with Gasteiger partial charge in [-0.25, -0.2) is 9.59 Å². The van der Waals surface area contributed by atoms with Gasteiger partial charge in [0, 0.05) is 25.0 Å². The van der Waals surface area contributed by atoms with Gasteiger partial charge in [0.1, 0.15) is 12.6 Å². The summed E-state index contributed by atoms with van der Waals surface area (Å²) in [6, 6.07) is 15.0. The Hall–Kier alpha value is -3.43. The first-order chi connectivity index (χ1) is 16.5. The fraction of sp³-hybridized carbons (Fsp3) is 0.400. The van der Waals surface area contributed by atoms with Gasteiger partial charge in [0.25, 0.3) is 0 Å². The molecule has 1 saturated heterocycles. The van der Waals surface area contributed by atoms with Crippen molar-refractivity contribution in [3.8, 4) is 11.1 Å². The van der Waals surface area contributed by atoms with Gasteiger partial charge in [-0.3, -0.25) is 9.69 Å². The number of aliphatic hydroxyl groups excluding tert-OH is 1. The largest absolute Gasteiger partial charge is 0.480 e. The summed E-state index contributed by atoms with van der Waals surface area (Å²) in [7, 11) is 0. The lowest BCUT2D eigenvalue weighted by Crippen LogP contribution is -2.50. The summed E-state index contributed by atoms with van der Waals surface area (Å²) in [4.78, 5) is 37.3. The van der Waals surface area contributed by atoms with E-state index in [4.69, 9.17) is 14.9 Å². The first-order valence-corrected chi connectivity index (χ1v) is 11.4. The summed E-state index contributed by atoms with van der Waals surface area (Å²) >= 11 is 0. The number of aliphatic hydroxyl groups is 1. The fourth-order valence-electron chi connectivity index (χ4n) is 4.67. The number of hydrogen-bond donors (Lipinski definition) is 4. The van der Waals surface area contributed by atoms with Gasteiger partial charge in [0.05, 0.1) is 13.2 Å². The zero-order valence-corrected chi connectivity index (χ0v) is 18.8. The van der Waals surface area contributed by atoms with Crippen LogP contribution in [-0.4, -0.2) is 78.0 Å².